The molecule has 5 rings (SSSR count). The lowest BCUT2D eigenvalue weighted by atomic mass is 9.67. The number of hydrogen-bond acceptors (Lipinski definition) is 6. The number of para-hydroxylation sites is 1. The quantitative estimate of drug-likeness (QED) is 0.367. The van der Waals surface area contributed by atoms with Gasteiger partial charge in [-0.3, -0.25) is 14.9 Å². The third-order valence-corrected chi connectivity index (χ3v) is 9.56. The van der Waals surface area contributed by atoms with Crippen molar-refractivity contribution in [3.8, 4) is 0 Å². The van der Waals surface area contributed by atoms with Crippen molar-refractivity contribution in [1.29, 1.82) is 0 Å². The molecule has 196 valence electrons. The molecule has 2 unspecified atom stereocenters. The first-order valence-electron chi connectivity index (χ1n) is 12.3. The lowest BCUT2D eigenvalue weighted by Gasteiger charge is -2.37. The second kappa shape index (κ2) is 9.27. The molecule has 2 atom stereocenters. The number of ketones is 1. The molecule has 0 aromatic heterocycles. The van der Waals surface area contributed by atoms with E-state index in [2.05, 4.69) is 0 Å². The molecule has 1 N–H and O–H groups in total. The Hall–Kier alpha value is -3.66. The summed E-state index contributed by atoms with van der Waals surface area (Å²) in [7, 11) is -4.35. The van der Waals surface area contributed by atoms with Crippen molar-refractivity contribution in [2.45, 2.75) is 30.8 Å². The van der Waals surface area contributed by atoms with Gasteiger partial charge in [0.1, 0.15) is 0 Å². The molecular weight excluding hydrogens is 504 g/mol. The van der Waals surface area contributed by atoms with Gasteiger partial charge in [-0.05, 0) is 43.0 Å². The van der Waals surface area contributed by atoms with Gasteiger partial charge in [0.2, 0.25) is 10.0 Å². The zero-order valence-electron chi connectivity index (χ0n) is 21.1. The number of rotatable bonds is 6. The molecule has 9 heteroatoms. The Kier molecular flexibility index (Phi) is 6.33. The number of aliphatic hydroxyl groups is 1. The summed E-state index contributed by atoms with van der Waals surface area (Å²) < 4.78 is 28.7. The van der Waals surface area contributed by atoms with Crippen LogP contribution in [0.15, 0.2) is 89.8 Å². The number of nitro benzene ring substituents is 1. The maximum Gasteiger partial charge on any atom is 0.289 e. The van der Waals surface area contributed by atoms with E-state index in [1.165, 1.54) is 18.2 Å². The van der Waals surface area contributed by atoms with Crippen molar-refractivity contribution < 1.29 is 23.2 Å². The molecule has 1 fully saturated rings. The third kappa shape index (κ3) is 4.16. The fraction of sp³-hybridized carbons (Fsp3) is 0.276. The van der Waals surface area contributed by atoms with E-state index in [-0.39, 0.29) is 25.3 Å². The topological polar surface area (TPSA) is 118 Å². The molecule has 1 spiro atoms. The Morgan fingerprint density at radius 3 is 2.08 bits per heavy atom. The molecule has 3 aromatic rings. The highest BCUT2D eigenvalue weighted by Gasteiger charge is 2.62. The fourth-order valence-electron chi connectivity index (χ4n) is 5.99. The van der Waals surface area contributed by atoms with Gasteiger partial charge in [-0.2, -0.15) is 4.31 Å². The maximum absolute atomic E-state index is 14.5. The summed E-state index contributed by atoms with van der Waals surface area (Å²) in [6, 6.07) is 23.9. The molecule has 2 aliphatic rings. The standard InChI is InChI=1S/C29H28N2O6S/c1-28(2,33)25-18-30(38(36,37)24-16-10-9-15-23(24)31(34)35)19-29(25)17-22(20-11-5-3-6-12-20)26(27(29)32)21-13-7-4-8-14-21/h3-16,25,33H,17-19H2,1-2H3. The number of hydrogen-bond donors (Lipinski definition) is 1. The van der Waals surface area contributed by atoms with Crippen LogP contribution in [0.25, 0.3) is 11.1 Å². The normalized spacial score (nSPS) is 22.4. The van der Waals surface area contributed by atoms with Crippen LogP contribution < -0.4 is 0 Å². The maximum atomic E-state index is 14.5. The van der Waals surface area contributed by atoms with Crippen molar-refractivity contribution in [2.24, 2.45) is 11.3 Å². The van der Waals surface area contributed by atoms with Crippen LogP contribution in [0.3, 0.4) is 0 Å². The van der Waals surface area contributed by atoms with E-state index in [1.54, 1.807) is 13.8 Å². The third-order valence-electron chi connectivity index (χ3n) is 7.70. The first-order valence-corrected chi connectivity index (χ1v) is 13.8. The van der Waals surface area contributed by atoms with Gasteiger partial charge in [0.15, 0.2) is 10.7 Å². The fourth-order valence-corrected chi connectivity index (χ4v) is 7.67. The highest BCUT2D eigenvalue weighted by atomic mass is 32.2. The summed E-state index contributed by atoms with van der Waals surface area (Å²) in [4.78, 5) is 24.9. The van der Waals surface area contributed by atoms with Crippen LogP contribution in [-0.4, -0.2) is 47.2 Å². The first kappa shape index (κ1) is 26.0. The Labute approximate surface area is 221 Å². The van der Waals surface area contributed by atoms with Gasteiger partial charge in [-0.25, -0.2) is 8.42 Å². The minimum absolute atomic E-state index is 0.145. The zero-order chi connectivity index (χ0) is 27.3. The predicted octanol–water partition coefficient (Wildman–Crippen LogP) is 4.56. The molecule has 1 aliphatic carbocycles. The van der Waals surface area contributed by atoms with Crippen LogP contribution >= 0.6 is 0 Å². The van der Waals surface area contributed by atoms with Gasteiger partial charge < -0.3 is 5.11 Å². The van der Waals surface area contributed by atoms with E-state index >= 15 is 0 Å². The number of nitro groups is 1. The second-order valence-corrected chi connectivity index (χ2v) is 12.4. The molecule has 1 saturated heterocycles. The molecule has 0 saturated carbocycles. The van der Waals surface area contributed by atoms with Gasteiger partial charge in [0, 0.05) is 30.6 Å². The highest BCUT2D eigenvalue weighted by Crippen LogP contribution is 2.57. The largest absolute Gasteiger partial charge is 0.390 e. The number of sulfonamides is 1. The van der Waals surface area contributed by atoms with Crippen molar-refractivity contribution in [2.75, 3.05) is 13.1 Å². The summed E-state index contributed by atoms with van der Waals surface area (Å²) in [6.07, 6.45) is 0.234. The number of allylic oxidation sites excluding steroid dienone is 2. The first-order chi connectivity index (χ1) is 18.0. The molecule has 8 nitrogen and oxygen atoms in total. The lowest BCUT2D eigenvalue weighted by molar-refractivity contribution is -0.387. The second-order valence-electron chi connectivity index (χ2n) is 10.5. The number of carbonyl (C=O) groups excluding carboxylic acids is 1. The summed E-state index contributed by atoms with van der Waals surface area (Å²) in [5.74, 6) is -0.977. The molecule has 0 bridgehead atoms. The number of Topliss-reactive ketones (excluding diaryl/α,β-unsaturated/α-hetero) is 1. The van der Waals surface area contributed by atoms with E-state index in [9.17, 15) is 28.4 Å². The summed E-state index contributed by atoms with van der Waals surface area (Å²) in [5.41, 5.74) is -0.299. The Bertz CT molecular complexity index is 1540. The monoisotopic (exact) mass is 532 g/mol. The highest BCUT2D eigenvalue weighted by molar-refractivity contribution is 7.89. The molecular formula is C29H28N2O6S. The van der Waals surface area contributed by atoms with Gasteiger partial charge in [-0.15, -0.1) is 0 Å². The van der Waals surface area contributed by atoms with Crippen LogP contribution in [0, 0.1) is 21.4 Å². The van der Waals surface area contributed by atoms with Gasteiger partial charge >= 0.3 is 0 Å². The van der Waals surface area contributed by atoms with E-state index in [1.807, 2.05) is 60.7 Å². The van der Waals surface area contributed by atoms with E-state index in [0.29, 0.717) is 5.57 Å². The van der Waals surface area contributed by atoms with Crippen molar-refractivity contribution in [3.63, 3.8) is 0 Å². The Balaban J connectivity index is 1.65. The lowest BCUT2D eigenvalue weighted by Crippen LogP contribution is -2.46. The minimum atomic E-state index is -4.35. The van der Waals surface area contributed by atoms with Crippen molar-refractivity contribution in [3.05, 3.63) is 106 Å². The van der Waals surface area contributed by atoms with Gasteiger partial charge in [-0.1, -0.05) is 72.8 Å². The molecule has 1 aliphatic heterocycles. The minimum Gasteiger partial charge on any atom is -0.390 e. The summed E-state index contributed by atoms with van der Waals surface area (Å²) in [5, 5.41) is 22.9. The number of nitrogens with zero attached hydrogens (tertiary/aromatic N) is 2. The summed E-state index contributed by atoms with van der Waals surface area (Å²) >= 11 is 0. The smallest absolute Gasteiger partial charge is 0.289 e. The van der Waals surface area contributed by atoms with Crippen molar-refractivity contribution >= 4 is 32.6 Å². The molecule has 3 aromatic carbocycles. The number of benzene rings is 3. The molecule has 38 heavy (non-hydrogen) atoms. The predicted molar refractivity (Wildman–Crippen MR) is 143 cm³/mol. The Morgan fingerprint density at radius 1 is 0.947 bits per heavy atom. The van der Waals surface area contributed by atoms with Crippen LogP contribution in [0.2, 0.25) is 0 Å². The van der Waals surface area contributed by atoms with E-state index in [0.717, 1.165) is 27.1 Å². The molecule has 0 amide bonds. The van der Waals surface area contributed by atoms with Gasteiger partial charge in [0.25, 0.3) is 5.69 Å². The number of carbonyl (C=O) groups is 1. The average Bonchev–Trinajstić information content (AvgIpc) is 3.44. The molecule has 1 heterocycles. The Morgan fingerprint density at radius 2 is 1.50 bits per heavy atom. The zero-order valence-corrected chi connectivity index (χ0v) is 21.9. The van der Waals surface area contributed by atoms with E-state index in [4.69, 9.17) is 0 Å². The van der Waals surface area contributed by atoms with Crippen LogP contribution in [-0.2, 0) is 14.8 Å². The summed E-state index contributed by atoms with van der Waals surface area (Å²) in [6.45, 7) is 2.82. The average molecular weight is 533 g/mol. The SMILES string of the molecule is CC(C)(O)C1CN(S(=O)(=O)c2ccccc2[N+](=O)[O-])CC12CC(c1ccccc1)=C(c1ccccc1)C2=O. The molecule has 0 radical (unpaired) electrons. The van der Waals surface area contributed by atoms with Crippen molar-refractivity contribution in [1.82, 2.24) is 4.31 Å². The van der Waals surface area contributed by atoms with Crippen LogP contribution in [0.1, 0.15) is 31.4 Å². The van der Waals surface area contributed by atoms with Crippen LogP contribution in [0.5, 0.6) is 0 Å². The van der Waals surface area contributed by atoms with Crippen LogP contribution in [0.4, 0.5) is 5.69 Å². The van der Waals surface area contributed by atoms with E-state index < -0.39 is 42.5 Å². The van der Waals surface area contributed by atoms with Gasteiger partial charge in [0.05, 0.1) is 15.9 Å².